The molecule has 0 aliphatic rings. The van der Waals surface area contributed by atoms with Crippen LogP contribution in [0.5, 0.6) is 11.5 Å². The second kappa shape index (κ2) is 4.72. The van der Waals surface area contributed by atoms with E-state index in [0.717, 1.165) is 12.1 Å². The van der Waals surface area contributed by atoms with Gasteiger partial charge in [0.25, 0.3) is 0 Å². The van der Waals surface area contributed by atoms with Crippen LogP contribution in [-0.2, 0) is 6.54 Å². The highest BCUT2D eigenvalue weighted by Crippen LogP contribution is 2.28. The summed E-state index contributed by atoms with van der Waals surface area (Å²) in [6.45, 7) is 3.58. The minimum Gasteiger partial charge on any atom is -0.504 e. The number of rotatable bonds is 4. The first-order valence-electron chi connectivity index (χ1n) is 4.35. The average molecular weight is 181 g/mol. The van der Waals surface area contributed by atoms with E-state index in [1.807, 2.05) is 19.1 Å². The zero-order valence-electron chi connectivity index (χ0n) is 8.00. The van der Waals surface area contributed by atoms with Crippen LogP contribution in [0.1, 0.15) is 12.5 Å². The van der Waals surface area contributed by atoms with E-state index < -0.39 is 0 Å². The highest BCUT2D eigenvalue weighted by molar-refractivity contribution is 5.45. The first kappa shape index (κ1) is 9.86. The third kappa shape index (κ3) is 2.36. The molecule has 1 rings (SSSR count). The Morgan fingerprint density at radius 1 is 1.46 bits per heavy atom. The molecule has 0 unspecified atom stereocenters. The lowest BCUT2D eigenvalue weighted by atomic mass is 10.2. The first-order chi connectivity index (χ1) is 6.29. The van der Waals surface area contributed by atoms with Crippen molar-refractivity contribution in [2.24, 2.45) is 0 Å². The minimum atomic E-state index is 0.228. The molecule has 0 fully saturated rings. The first-order valence-corrected chi connectivity index (χ1v) is 4.35. The molecule has 0 saturated carbocycles. The molecule has 0 aromatic heterocycles. The Kier molecular flexibility index (Phi) is 3.58. The van der Waals surface area contributed by atoms with Crippen molar-refractivity contribution in [3.05, 3.63) is 23.8 Å². The molecule has 0 heterocycles. The summed E-state index contributed by atoms with van der Waals surface area (Å²) in [7, 11) is 1.55. The fraction of sp³-hybridized carbons (Fsp3) is 0.400. The Hall–Kier alpha value is -1.22. The molecule has 0 atom stereocenters. The van der Waals surface area contributed by atoms with Crippen molar-refractivity contribution >= 4 is 0 Å². The van der Waals surface area contributed by atoms with Gasteiger partial charge in [-0.05, 0) is 12.6 Å². The Morgan fingerprint density at radius 3 is 2.85 bits per heavy atom. The molecule has 0 aliphatic carbocycles. The fourth-order valence-electron chi connectivity index (χ4n) is 1.13. The van der Waals surface area contributed by atoms with E-state index in [9.17, 15) is 5.11 Å². The van der Waals surface area contributed by atoms with Gasteiger partial charge in [0.2, 0.25) is 0 Å². The van der Waals surface area contributed by atoms with Gasteiger partial charge >= 0.3 is 0 Å². The molecule has 1 aromatic carbocycles. The van der Waals surface area contributed by atoms with E-state index in [1.54, 1.807) is 13.2 Å². The number of hydrogen-bond donors (Lipinski definition) is 2. The van der Waals surface area contributed by atoms with Gasteiger partial charge in [-0.2, -0.15) is 0 Å². The third-order valence-corrected chi connectivity index (χ3v) is 1.87. The Labute approximate surface area is 78.3 Å². The maximum Gasteiger partial charge on any atom is 0.162 e. The van der Waals surface area contributed by atoms with Gasteiger partial charge in [-0.15, -0.1) is 0 Å². The molecule has 0 bridgehead atoms. The standard InChI is InChI=1S/C10H15NO2/c1-3-11-7-8-5-4-6-9(13-2)10(8)12/h4-6,11-12H,3,7H2,1-2H3. The summed E-state index contributed by atoms with van der Waals surface area (Å²) in [5.74, 6) is 0.751. The zero-order valence-corrected chi connectivity index (χ0v) is 8.00. The van der Waals surface area contributed by atoms with Gasteiger partial charge in [0.05, 0.1) is 7.11 Å². The van der Waals surface area contributed by atoms with E-state index >= 15 is 0 Å². The highest BCUT2D eigenvalue weighted by atomic mass is 16.5. The number of para-hydroxylation sites is 1. The fourth-order valence-corrected chi connectivity index (χ4v) is 1.13. The molecule has 0 radical (unpaired) electrons. The lowest BCUT2D eigenvalue weighted by molar-refractivity contribution is 0.370. The van der Waals surface area contributed by atoms with Crippen LogP contribution in [0.15, 0.2) is 18.2 Å². The summed E-state index contributed by atoms with van der Waals surface area (Å²) in [6.07, 6.45) is 0. The number of phenolic OH excluding ortho intramolecular Hbond substituents is 1. The van der Waals surface area contributed by atoms with Crippen molar-refractivity contribution < 1.29 is 9.84 Å². The van der Waals surface area contributed by atoms with Gasteiger partial charge in [0.1, 0.15) is 0 Å². The topological polar surface area (TPSA) is 41.5 Å². The number of hydrogen-bond acceptors (Lipinski definition) is 3. The van der Waals surface area contributed by atoms with Crippen LogP contribution in [0.2, 0.25) is 0 Å². The molecule has 3 heteroatoms. The summed E-state index contributed by atoms with van der Waals surface area (Å²) in [6, 6.07) is 5.48. The smallest absolute Gasteiger partial charge is 0.162 e. The quantitative estimate of drug-likeness (QED) is 0.739. The van der Waals surface area contributed by atoms with Crippen LogP contribution < -0.4 is 10.1 Å². The lowest BCUT2D eigenvalue weighted by Gasteiger charge is -2.08. The second-order valence-electron chi connectivity index (χ2n) is 2.75. The summed E-state index contributed by atoms with van der Waals surface area (Å²) in [5.41, 5.74) is 0.862. The number of nitrogens with one attached hydrogen (secondary N) is 1. The second-order valence-corrected chi connectivity index (χ2v) is 2.75. The van der Waals surface area contributed by atoms with Crippen LogP contribution in [0.4, 0.5) is 0 Å². The van der Waals surface area contributed by atoms with Gasteiger partial charge in [-0.1, -0.05) is 19.1 Å². The highest BCUT2D eigenvalue weighted by Gasteiger charge is 2.05. The SMILES string of the molecule is CCNCc1cccc(OC)c1O. The van der Waals surface area contributed by atoms with Gasteiger partial charge < -0.3 is 15.2 Å². The van der Waals surface area contributed by atoms with Crippen LogP contribution in [0.25, 0.3) is 0 Å². The predicted octanol–water partition coefficient (Wildman–Crippen LogP) is 1.51. The largest absolute Gasteiger partial charge is 0.504 e. The third-order valence-electron chi connectivity index (χ3n) is 1.87. The van der Waals surface area contributed by atoms with Crippen LogP contribution in [-0.4, -0.2) is 18.8 Å². The number of methoxy groups -OCH3 is 1. The van der Waals surface area contributed by atoms with Gasteiger partial charge in [0.15, 0.2) is 11.5 Å². The number of phenols is 1. The number of ether oxygens (including phenoxy) is 1. The molecule has 2 N–H and O–H groups in total. The predicted molar refractivity (Wildman–Crippen MR) is 52.0 cm³/mol. The van der Waals surface area contributed by atoms with E-state index in [-0.39, 0.29) is 5.75 Å². The Bertz CT molecular complexity index is 274. The average Bonchev–Trinajstić information content (AvgIpc) is 2.16. The molecule has 0 spiro atoms. The normalized spacial score (nSPS) is 10.0. The maximum atomic E-state index is 9.65. The molecule has 13 heavy (non-hydrogen) atoms. The van der Waals surface area contributed by atoms with Crippen molar-refractivity contribution in [3.8, 4) is 11.5 Å². The van der Waals surface area contributed by atoms with Crippen molar-refractivity contribution in [1.82, 2.24) is 5.32 Å². The van der Waals surface area contributed by atoms with Crippen molar-refractivity contribution in [3.63, 3.8) is 0 Å². The summed E-state index contributed by atoms with van der Waals surface area (Å²) >= 11 is 0. The molecule has 3 nitrogen and oxygen atoms in total. The zero-order chi connectivity index (χ0) is 9.68. The molecule has 0 saturated heterocycles. The van der Waals surface area contributed by atoms with Crippen molar-refractivity contribution in [2.75, 3.05) is 13.7 Å². The molecule has 72 valence electrons. The van der Waals surface area contributed by atoms with E-state index in [0.29, 0.717) is 12.3 Å². The van der Waals surface area contributed by atoms with Gasteiger partial charge in [-0.3, -0.25) is 0 Å². The summed E-state index contributed by atoms with van der Waals surface area (Å²) < 4.78 is 4.99. The van der Waals surface area contributed by atoms with E-state index in [1.165, 1.54) is 0 Å². The molecule has 1 aromatic rings. The van der Waals surface area contributed by atoms with Crippen LogP contribution in [0.3, 0.4) is 0 Å². The van der Waals surface area contributed by atoms with Crippen LogP contribution >= 0.6 is 0 Å². The van der Waals surface area contributed by atoms with Gasteiger partial charge in [0, 0.05) is 12.1 Å². The molecule has 0 amide bonds. The summed E-state index contributed by atoms with van der Waals surface area (Å²) in [4.78, 5) is 0. The monoisotopic (exact) mass is 181 g/mol. The molecular formula is C10H15NO2. The van der Waals surface area contributed by atoms with E-state index in [4.69, 9.17) is 4.74 Å². The maximum absolute atomic E-state index is 9.65. The van der Waals surface area contributed by atoms with Crippen LogP contribution in [0, 0.1) is 0 Å². The number of aromatic hydroxyl groups is 1. The summed E-state index contributed by atoms with van der Waals surface area (Å²) in [5, 5.41) is 12.8. The number of benzene rings is 1. The Morgan fingerprint density at radius 2 is 2.23 bits per heavy atom. The lowest BCUT2D eigenvalue weighted by Crippen LogP contribution is -2.11. The minimum absolute atomic E-state index is 0.228. The molecular weight excluding hydrogens is 166 g/mol. The van der Waals surface area contributed by atoms with E-state index in [2.05, 4.69) is 5.32 Å². The van der Waals surface area contributed by atoms with Crippen molar-refractivity contribution in [1.29, 1.82) is 0 Å². The van der Waals surface area contributed by atoms with Gasteiger partial charge in [-0.25, -0.2) is 0 Å². The molecule has 0 aliphatic heterocycles. The Balaban J connectivity index is 2.81. The van der Waals surface area contributed by atoms with Crippen molar-refractivity contribution in [2.45, 2.75) is 13.5 Å².